The monoisotopic (exact) mass is 435 g/mol. The highest BCUT2D eigenvalue weighted by Crippen LogP contribution is 2.33. The summed E-state index contributed by atoms with van der Waals surface area (Å²) in [5, 5.41) is 2.01. The average molecular weight is 436 g/mol. The van der Waals surface area contributed by atoms with Crippen LogP contribution < -0.4 is 0 Å². The molecule has 0 radical (unpaired) electrons. The molecule has 0 amide bonds. The lowest BCUT2D eigenvalue weighted by Gasteiger charge is -2.34. The molecule has 0 aliphatic carbocycles. The molecular formula is C27H37N3O2. The Morgan fingerprint density at radius 2 is 1.09 bits per heavy atom. The molecule has 32 heavy (non-hydrogen) atoms. The van der Waals surface area contributed by atoms with E-state index in [0.29, 0.717) is 11.1 Å². The van der Waals surface area contributed by atoms with Crippen molar-refractivity contribution in [2.75, 3.05) is 28.2 Å². The van der Waals surface area contributed by atoms with Crippen molar-refractivity contribution in [1.82, 2.24) is 14.4 Å². The Balaban J connectivity index is 2.21. The molecular weight excluding hydrogens is 398 g/mol. The Morgan fingerprint density at radius 1 is 0.750 bits per heavy atom. The summed E-state index contributed by atoms with van der Waals surface area (Å²) in [5.41, 5.74) is 2.38. The van der Waals surface area contributed by atoms with E-state index in [1.165, 1.54) is 0 Å². The van der Waals surface area contributed by atoms with E-state index in [1.807, 2.05) is 109 Å². The first kappa shape index (κ1) is 24.1. The van der Waals surface area contributed by atoms with Crippen molar-refractivity contribution in [3.8, 4) is 0 Å². The standard InChI is InChI=1S/C27H37N3O2/c1-10-26(3,28(5)6)24(31)18-12-14-22-20(16-18)21-17-19(13-15-23(21)30(22)9)25(32)27(4,11-2)29(7)8/h12-17H,10-11H2,1-9H3. The lowest BCUT2D eigenvalue weighted by Crippen LogP contribution is -2.48. The van der Waals surface area contributed by atoms with Gasteiger partial charge in [-0.2, -0.15) is 0 Å². The fraction of sp³-hybridized carbons (Fsp3) is 0.481. The van der Waals surface area contributed by atoms with Crippen LogP contribution in [0.4, 0.5) is 0 Å². The summed E-state index contributed by atoms with van der Waals surface area (Å²) in [6.07, 6.45) is 1.45. The van der Waals surface area contributed by atoms with Crippen molar-refractivity contribution in [2.24, 2.45) is 7.05 Å². The third kappa shape index (κ3) is 3.57. The van der Waals surface area contributed by atoms with Crippen molar-refractivity contribution in [3.63, 3.8) is 0 Å². The van der Waals surface area contributed by atoms with Crippen LogP contribution in [0.1, 0.15) is 61.3 Å². The highest BCUT2D eigenvalue weighted by molar-refractivity contribution is 6.14. The molecule has 0 saturated carbocycles. The maximum Gasteiger partial charge on any atom is 0.182 e. The topological polar surface area (TPSA) is 45.6 Å². The van der Waals surface area contributed by atoms with Crippen molar-refractivity contribution >= 4 is 33.4 Å². The zero-order valence-corrected chi connectivity index (χ0v) is 21.0. The molecule has 3 rings (SSSR count). The van der Waals surface area contributed by atoms with Crippen LogP contribution in [0.5, 0.6) is 0 Å². The van der Waals surface area contributed by atoms with E-state index in [-0.39, 0.29) is 11.6 Å². The lowest BCUT2D eigenvalue weighted by molar-refractivity contribution is 0.0705. The summed E-state index contributed by atoms with van der Waals surface area (Å²) < 4.78 is 2.13. The molecule has 3 aromatic rings. The summed E-state index contributed by atoms with van der Waals surface area (Å²) in [4.78, 5) is 30.9. The Labute approximate surface area is 192 Å². The van der Waals surface area contributed by atoms with Crippen molar-refractivity contribution in [3.05, 3.63) is 47.5 Å². The zero-order chi connectivity index (χ0) is 24.0. The largest absolute Gasteiger partial charge is 0.344 e. The number of rotatable bonds is 8. The molecule has 2 atom stereocenters. The number of Topliss-reactive ketones (excluding diaryl/α,β-unsaturated/α-hetero) is 2. The van der Waals surface area contributed by atoms with Gasteiger partial charge < -0.3 is 4.57 Å². The smallest absolute Gasteiger partial charge is 0.182 e. The van der Waals surface area contributed by atoms with E-state index in [0.717, 1.165) is 34.6 Å². The number of aryl methyl sites for hydroxylation is 1. The Bertz CT molecular complexity index is 1100. The van der Waals surface area contributed by atoms with Gasteiger partial charge in [0.1, 0.15) is 0 Å². The molecule has 0 bridgehead atoms. The summed E-state index contributed by atoms with van der Waals surface area (Å²) in [7, 11) is 9.83. The predicted octanol–water partition coefficient (Wildman–Crippen LogP) is 5.16. The average Bonchev–Trinajstić information content (AvgIpc) is 3.07. The van der Waals surface area contributed by atoms with Gasteiger partial charge in [0.25, 0.3) is 0 Å². The van der Waals surface area contributed by atoms with Gasteiger partial charge in [0.15, 0.2) is 11.6 Å². The van der Waals surface area contributed by atoms with Gasteiger partial charge in [0.05, 0.1) is 11.1 Å². The van der Waals surface area contributed by atoms with Gasteiger partial charge in [0.2, 0.25) is 0 Å². The number of fused-ring (bicyclic) bond motifs is 3. The number of hydrogen-bond acceptors (Lipinski definition) is 4. The minimum Gasteiger partial charge on any atom is -0.344 e. The molecule has 0 saturated heterocycles. The number of carbonyl (C=O) groups is 2. The van der Waals surface area contributed by atoms with E-state index in [1.54, 1.807) is 0 Å². The maximum atomic E-state index is 13.4. The van der Waals surface area contributed by atoms with E-state index in [4.69, 9.17) is 0 Å². The first-order valence-electron chi connectivity index (χ1n) is 11.4. The lowest BCUT2D eigenvalue weighted by atomic mass is 9.86. The SMILES string of the molecule is CCC(C)(C(=O)c1ccc2c(c1)c1cc(C(=O)C(C)(CC)N(C)C)ccc1n2C)N(C)C. The van der Waals surface area contributed by atoms with Gasteiger partial charge in [0, 0.05) is 40.0 Å². The molecule has 2 unspecified atom stereocenters. The second-order valence-corrected chi connectivity index (χ2v) is 9.72. The van der Waals surface area contributed by atoms with Crippen LogP contribution in [0.3, 0.4) is 0 Å². The maximum absolute atomic E-state index is 13.4. The predicted molar refractivity (Wildman–Crippen MR) is 134 cm³/mol. The number of carbonyl (C=O) groups excluding carboxylic acids is 2. The molecule has 172 valence electrons. The Kier molecular flexibility index (Phi) is 6.38. The number of hydrogen-bond donors (Lipinski definition) is 0. The number of ketones is 2. The summed E-state index contributed by atoms with van der Waals surface area (Å²) in [5.74, 6) is 0.226. The van der Waals surface area contributed by atoms with Gasteiger partial charge in [-0.15, -0.1) is 0 Å². The molecule has 2 aromatic carbocycles. The van der Waals surface area contributed by atoms with Crippen molar-refractivity contribution < 1.29 is 9.59 Å². The molecule has 1 heterocycles. The minimum absolute atomic E-state index is 0.113. The molecule has 5 nitrogen and oxygen atoms in total. The normalized spacial score (nSPS) is 16.0. The molecule has 0 spiro atoms. The molecule has 1 aromatic heterocycles. The Hall–Kier alpha value is -2.50. The van der Waals surface area contributed by atoms with Crippen LogP contribution in [-0.4, -0.2) is 65.2 Å². The molecule has 0 fully saturated rings. The van der Waals surface area contributed by atoms with E-state index in [2.05, 4.69) is 4.57 Å². The molecule has 0 aliphatic rings. The van der Waals surface area contributed by atoms with Gasteiger partial charge in [-0.25, -0.2) is 0 Å². The molecule has 0 aliphatic heterocycles. The third-order valence-electron chi connectivity index (χ3n) is 7.86. The fourth-order valence-corrected chi connectivity index (χ4v) is 4.48. The second kappa shape index (κ2) is 8.45. The number of nitrogens with zero attached hydrogens (tertiary/aromatic N) is 3. The first-order chi connectivity index (χ1) is 14.9. The van der Waals surface area contributed by atoms with Crippen LogP contribution in [0.15, 0.2) is 36.4 Å². The van der Waals surface area contributed by atoms with Crippen LogP contribution in [0.2, 0.25) is 0 Å². The number of aromatic nitrogens is 1. The zero-order valence-electron chi connectivity index (χ0n) is 21.0. The first-order valence-corrected chi connectivity index (χ1v) is 11.4. The van der Waals surface area contributed by atoms with Crippen LogP contribution in [0.25, 0.3) is 21.8 Å². The summed E-state index contributed by atoms with van der Waals surface area (Å²) in [6, 6.07) is 11.9. The summed E-state index contributed by atoms with van der Waals surface area (Å²) >= 11 is 0. The fourth-order valence-electron chi connectivity index (χ4n) is 4.48. The van der Waals surface area contributed by atoms with Crippen LogP contribution >= 0.6 is 0 Å². The van der Waals surface area contributed by atoms with Crippen molar-refractivity contribution in [1.29, 1.82) is 0 Å². The van der Waals surface area contributed by atoms with Crippen LogP contribution in [0, 0.1) is 0 Å². The van der Waals surface area contributed by atoms with Crippen LogP contribution in [-0.2, 0) is 7.05 Å². The van der Waals surface area contributed by atoms with Gasteiger partial charge in [-0.3, -0.25) is 19.4 Å². The quantitative estimate of drug-likeness (QED) is 0.459. The number of likely N-dealkylation sites (N-methyl/N-ethyl adjacent to an activating group) is 2. The van der Waals surface area contributed by atoms with Crippen molar-refractivity contribution in [2.45, 2.75) is 51.6 Å². The minimum atomic E-state index is -0.561. The highest BCUT2D eigenvalue weighted by atomic mass is 16.1. The molecule has 5 heteroatoms. The van der Waals surface area contributed by atoms with E-state index in [9.17, 15) is 9.59 Å². The molecule has 0 N–H and O–H groups in total. The Morgan fingerprint density at radius 3 is 1.38 bits per heavy atom. The van der Waals surface area contributed by atoms with Gasteiger partial charge in [-0.1, -0.05) is 13.8 Å². The third-order valence-corrected chi connectivity index (χ3v) is 7.86. The van der Waals surface area contributed by atoms with Gasteiger partial charge in [-0.05, 0) is 91.3 Å². The van der Waals surface area contributed by atoms with E-state index < -0.39 is 11.1 Å². The van der Waals surface area contributed by atoms with Gasteiger partial charge >= 0.3 is 0 Å². The summed E-state index contributed by atoms with van der Waals surface area (Å²) in [6.45, 7) is 8.07. The second-order valence-electron chi connectivity index (χ2n) is 9.72. The van der Waals surface area contributed by atoms with E-state index >= 15 is 0 Å². The highest BCUT2D eigenvalue weighted by Gasteiger charge is 2.35. The number of benzene rings is 2.